The van der Waals surface area contributed by atoms with Crippen LogP contribution in [0, 0.1) is 44.6 Å². The smallest absolute Gasteiger partial charge is 0.294 e. The van der Waals surface area contributed by atoms with Crippen molar-refractivity contribution in [3.63, 3.8) is 0 Å². The highest BCUT2D eigenvalue weighted by Gasteiger charge is 2.65. The minimum Gasteiger partial charge on any atom is -0.356 e. The average Bonchev–Trinajstić information content (AvgIpc) is 3.18. The van der Waals surface area contributed by atoms with Crippen molar-refractivity contribution in [1.82, 2.24) is 5.06 Å². The van der Waals surface area contributed by atoms with Gasteiger partial charge < -0.3 is 14.8 Å². The van der Waals surface area contributed by atoms with Crippen molar-refractivity contribution in [2.75, 3.05) is 6.61 Å². The maximum Gasteiger partial charge on any atom is 0.294 e. The Balaban J connectivity index is 1.40. The van der Waals surface area contributed by atoms with Crippen molar-refractivity contribution in [3.8, 4) is 0 Å². The molecule has 0 bridgehead atoms. The third-order valence-electron chi connectivity index (χ3n) is 10.7. The van der Waals surface area contributed by atoms with Crippen molar-refractivity contribution in [2.45, 2.75) is 103 Å². The molecule has 7 heteroatoms. The molecule has 4 unspecified atom stereocenters. The molecule has 5 aliphatic rings. The van der Waals surface area contributed by atoms with E-state index in [4.69, 9.17) is 9.57 Å². The first-order chi connectivity index (χ1) is 14.9. The minimum absolute atomic E-state index is 0.136. The van der Waals surface area contributed by atoms with E-state index in [9.17, 15) is 15.3 Å². The van der Waals surface area contributed by atoms with Gasteiger partial charge in [-0.3, -0.25) is 0 Å². The lowest BCUT2D eigenvalue weighted by atomic mass is 9.47. The third kappa shape index (κ3) is 3.03. The maximum atomic E-state index is 11.1. The Morgan fingerprint density at radius 3 is 2.53 bits per heavy atom. The predicted octanol–water partition coefficient (Wildman–Crippen LogP) is 5.36. The summed E-state index contributed by atoms with van der Waals surface area (Å²) in [4.78, 5) is 15.8. The molecule has 4 fully saturated rings. The van der Waals surface area contributed by atoms with E-state index in [1.54, 1.807) is 0 Å². The first-order valence-electron chi connectivity index (χ1n) is 12.6. The number of ether oxygens (including phenoxy) is 1. The molecule has 0 amide bonds. The Hall–Kier alpha value is -1.18. The molecule has 3 saturated carbocycles. The Morgan fingerprint density at radius 1 is 1.12 bits per heavy atom. The second-order valence-electron chi connectivity index (χ2n) is 12.6. The van der Waals surface area contributed by atoms with E-state index in [0.717, 1.165) is 32.1 Å². The molecule has 7 nitrogen and oxygen atoms in total. The van der Waals surface area contributed by atoms with Crippen LogP contribution in [0.25, 0.3) is 0 Å². The van der Waals surface area contributed by atoms with Crippen LogP contribution in [0.3, 0.4) is 0 Å². The molecule has 1 N–H and O–H groups in total. The highest BCUT2D eigenvalue weighted by Crippen LogP contribution is 2.68. The summed E-state index contributed by atoms with van der Waals surface area (Å²) in [5.41, 5.74) is 0.699. The molecule has 1 saturated heterocycles. The van der Waals surface area contributed by atoms with Gasteiger partial charge in [0, 0.05) is 5.92 Å². The number of fused-ring (bicyclic) bond motifs is 5. The van der Waals surface area contributed by atoms with Gasteiger partial charge in [-0.05, 0) is 101 Å². The lowest BCUT2D eigenvalue weighted by Gasteiger charge is -2.59. The first-order valence-corrected chi connectivity index (χ1v) is 12.6. The zero-order valence-electron chi connectivity index (χ0n) is 20.3. The van der Waals surface area contributed by atoms with Crippen LogP contribution in [0.4, 0.5) is 0 Å². The molecule has 4 aliphatic carbocycles. The Morgan fingerprint density at radius 2 is 1.88 bits per heavy atom. The average molecular weight is 449 g/mol. The molecule has 0 aromatic rings. The summed E-state index contributed by atoms with van der Waals surface area (Å²) < 4.78 is 6.35. The van der Waals surface area contributed by atoms with Crippen molar-refractivity contribution in [1.29, 1.82) is 0 Å². The number of nitrogens with zero attached hydrogens (tertiary/aromatic N) is 2. The van der Waals surface area contributed by atoms with Gasteiger partial charge in [-0.1, -0.05) is 25.5 Å². The lowest BCUT2D eigenvalue weighted by molar-refractivity contribution is -0.769. The molecule has 1 heterocycles. The van der Waals surface area contributed by atoms with Gasteiger partial charge in [0.25, 0.3) is 5.09 Å². The number of hydrogen-bond donors (Lipinski definition) is 1. The Bertz CT molecular complexity index is 829. The quantitative estimate of drug-likeness (QED) is 0.355. The number of rotatable bonds is 3. The molecule has 1 aliphatic heterocycles. The van der Waals surface area contributed by atoms with Gasteiger partial charge in [0.1, 0.15) is 11.8 Å². The van der Waals surface area contributed by atoms with Crippen LogP contribution in [0.15, 0.2) is 11.6 Å². The zero-order chi connectivity index (χ0) is 23.1. The molecule has 0 radical (unpaired) electrons. The molecule has 32 heavy (non-hydrogen) atoms. The van der Waals surface area contributed by atoms with Crippen LogP contribution in [-0.4, -0.2) is 39.3 Å². The molecule has 5 rings (SSSR count). The zero-order valence-corrected chi connectivity index (χ0v) is 20.3. The maximum absolute atomic E-state index is 11.1. The van der Waals surface area contributed by atoms with Gasteiger partial charge in [-0.15, -0.1) is 10.1 Å². The highest BCUT2D eigenvalue weighted by atomic mass is 17.0. The summed E-state index contributed by atoms with van der Waals surface area (Å²) in [6.45, 7) is 11.6. The summed E-state index contributed by atoms with van der Waals surface area (Å²) in [6.07, 6.45) is 10.3. The van der Waals surface area contributed by atoms with E-state index < -0.39 is 10.8 Å². The van der Waals surface area contributed by atoms with Gasteiger partial charge in [-0.2, -0.15) is 5.06 Å². The van der Waals surface area contributed by atoms with Crippen LogP contribution in [0.5, 0.6) is 0 Å². The van der Waals surface area contributed by atoms with Crippen molar-refractivity contribution >= 4 is 0 Å². The van der Waals surface area contributed by atoms with Crippen molar-refractivity contribution in [2.24, 2.45) is 34.5 Å². The van der Waals surface area contributed by atoms with Gasteiger partial charge >= 0.3 is 0 Å². The van der Waals surface area contributed by atoms with Crippen LogP contribution < -0.4 is 0 Å². The largest absolute Gasteiger partial charge is 0.356 e. The summed E-state index contributed by atoms with van der Waals surface area (Å²) >= 11 is 0. The fraction of sp³-hybridized carbons (Fsp3) is 0.920. The molecule has 180 valence electrons. The van der Waals surface area contributed by atoms with E-state index in [-0.39, 0.29) is 22.5 Å². The minimum atomic E-state index is -0.628. The molecule has 0 aromatic heterocycles. The monoisotopic (exact) mass is 448 g/mol. The van der Waals surface area contributed by atoms with Gasteiger partial charge in [0.2, 0.25) is 0 Å². The lowest BCUT2D eigenvalue weighted by Crippen LogP contribution is -2.58. The van der Waals surface area contributed by atoms with Crippen LogP contribution >= 0.6 is 0 Å². The number of hydroxylamine groups is 2. The van der Waals surface area contributed by atoms with E-state index in [2.05, 4.69) is 40.7 Å². The topological polar surface area (TPSA) is 85.1 Å². The molecule has 0 aromatic carbocycles. The second-order valence-corrected chi connectivity index (χ2v) is 12.6. The predicted molar refractivity (Wildman–Crippen MR) is 119 cm³/mol. The highest BCUT2D eigenvalue weighted by molar-refractivity contribution is 5.25. The SMILES string of the molecule is CC1(C)COC(C)([C@H]2CCC3C4CC=C5C[C@@H](O[N+](=O)[O-])CC[C@]5(C)C4CC[C@@]32C)N1O. The first kappa shape index (κ1) is 22.6. The van der Waals surface area contributed by atoms with Crippen molar-refractivity contribution in [3.05, 3.63) is 21.8 Å². The summed E-state index contributed by atoms with van der Waals surface area (Å²) in [5.74, 6) is 2.22. The number of hydrogen-bond acceptors (Lipinski definition) is 6. The molecule has 8 atom stereocenters. The van der Waals surface area contributed by atoms with E-state index in [1.165, 1.54) is 23.5 Å². The van der Waals surface area contributed by atoms with Gasteiger partial charge in [0.05, 0.1) is 12.1 Å². The summed E-state index contributed by atoms with van der Waals surface area (Å²) in [6, 6.07) is 0. The fourth-order valence-corrected chi connectivity index (χ4v) is 9.01. The van der Waals surface area contributed by atoms with E-state index in [1.807, 2.05) is 0 Å². The van der Waals surface area contributed by atoms with Gasteiger partial charge in [-0.25, -0.2) is 0 Å². The molecular formula is C25H40N2O5. The Kier molecular flexibility index (Phi) is 5.06. The second kappa shape index (κ2) is 7.16. The van der Waals surface area contributed by atoms with Crippen LogP contribution in [0.2, 0.25) is 0 Å². The summed E-state index contributed by atoms with van der Waals surface area (Å²) in [5, 5.41) is 22.8. The third-order valence-corrected chi connectivity index (χ3v) is 10.7. The van der Waals surface area contributed by atoms with Crippen LogP contribution in [-0.2, 0) is 9.57 Å². The fourth-order valence-electron chi connectivity index (χ4n) is 9.01. The van der Waals surface area contributed by atoms with Crippen LogP contribution in [0.1, 0.15) is 86.0 Å². The number of allylic oxidation sites excluding steroid dienone is 1. The van der Waals surface area contributed by atoms with Gasteiger partial charge in [0.15, 0.2) is 0 Å². The van der Waals surface area contributed by atoms with E-state index in [0.29, 0.717) is 36.7 Å². The molecule has 0 spiro atoms. The molecular weight excluding hydrogens is 408 g/mol. The Labute approximate surface area is 191 Å². The van der Waals surface area contributed by atoms with E-state index >= 15 is 0 Å². The van der Waals surface area contributed by atoms with Crippen molar-refractivity contribution < 1.29 is 19.9 Å². The normalized spacial score (nSPS) is 50.2. The summed E-state index contributed by atoms with van der Waals surface area (Å²) in [7, 11) is 0. The standard InChI is InChI=1S/C25H40N2O5/c1-22(2)15-31-25(5,26(22)28)21-9-8-19-18-7-6-16-14-17(32-27(29)30)10-12-23(16,3)20(18)11-13-24(19,21)4/h6,17-21,28H,7-15H2,1-5H3/t17-,18?,19?,20?,21-,23-,24-,25?/m0/s1.